The lowest BCUT2D eigenvalue weighted by molar-refractivity contribution is -0.130. The van der Waals surface area contributed by atoms with Crippen LogP contribution in [0.25, 0.3) is 11.1 Å². The van der Waals surface area contributed by atoms with E-state index in [1.807, 2.05) is 0 Å². The van der Waals surface area contributed by atoms with Gasteiger partial charge in [-0.1, -0.05) is 18.2 Å². The number of primary amides is 1. The number of halogens is 3. The highest BCUT2D eigenvalue weighted by Crippen LogP contribution is 2.53. The van der Waals surface area contributed by atoms with Crippen molar-refractivity contribution >= 4 is 11.7 Å². The summed E-state index contributed by atoms with van der Waals surface area (Å²) < 4.78 is 43.4. The van der Waals surface area contributed by atoms with E-state index in [1.165, 1.54) is 30.6 Å². The summed E-state index contributed by atoms with van der Waals surface area (Å²) in [6.07, 6.45) is 1.68. The molecule has 0 radical (unpaired) electrons. The first-order chi connectivity index (χ1) is 15.3. The van der Waals surface area contributed by atoms with Crippen molar-refractivity contribution in [3.8, 4) is 11.1 Å². The second kappa shape index (κ2) is 8.27. The average molecular weight is 444 g/mol. The van der Waals surface area contributed by atoms with Crippen molar-refractivity contribution < 1.29 is 18.0 Å². The largest absolute Gasteiger partial charge is 0.397 e. The number of amides is 1. The Morgan fingerprint density at radius 1 is 1.19 bits per heavy atom. The van der Waals surface area contributed by atoms with E-state index in [0.717, 1.165) is 12.2 Å². The Bertz CT molecular complexity index is 1100. The standard InChI is InChI=1S/C22H23F3N6O/c23-13-3-1-11(2-4-13)15-18(30-10-31-20(15)27)16(12-6-8-29-9-12)22(21(28)32)7-5-14(24)17(26)19(22)25/h1-5,7,10,12,16,19,29H,6,8-9,26H2,(H2,28,32)(H2,27,30,31). The van der Waals surface area contributed by atoms with E-state index in [2.05, 4.69) is 15.3 Å². The molecule has 4 atom stereocenters. The van der Waals surface area contributed by atoms with Crippen LogP contribution >= 0.6 is 0 Å². The van der Waals surface area contributed by atoms with Gasteiger partial charge in [-0.15, -0.1) is 0 Å². The number of aromatic nitrogens is 2. The summed E-state index contributed by atoms with van der Waals surface area (Å²) in [7, 11) is 0. The second-order valence-electron chi connectivity index (χ2n) is 8.05. The fraction of sp³-hybridized carbons (Fsp3) is 0.318. The maximum absolute atomic E-state index is 15.8. The number of benzene rings is 1. The molecule has 2 aliphatic rings. The summed E-state index contributed by atoms with van der Waals surface area (Å²) in [5.41, 5.74) is 16.0. The summed E-state index contributed by atoms with van der Waals surface area (Å²) in [6.45, 7) is 1.07. The molecular weight excluding hydrogens is 421 g/mol. The lowest BCUT2D eigenvalue weighted by Gasteiger charge is -2.43. The molecule has 1 amide bonds. The molecule has 7 N–H and O–H groups in total. The van der Waals surface area contributed by atoms with Crippen LogP contribution < -0.4 is 22.5 Å². The zero-order valence-electron chi connectivity index (χ0n) is 17.1. The van der Waals surface area contributed by atoms with Gasteiger partial charge in [0.15, 0.2) is 6.17 Å². The van der Waals surface area contributed by atoms with Gasteiger partial charge in [0.05, 0.1) is 11.4 Å². The van der Waals surface area contributed by atoms with Gasteiger partial charge in [-0.25, -0.2) is 23.1 Å². The van der Waals surface area contributed by atoms with Gasteiger partial charge in [-0.2, -0.15) is 0 Å². The van der Waals surface area contributed by atoms with Crippen LogP contribution in [0.1, 0.15) is 18.0 Å². The van der Waals surface area contributed by atoms with Gasteiger partial charge in [0.2, 0.25) is 5.91 Å². The number of nitrogens with zero attached hydrogens (tertiary/aromatic N) is 2. The number of nitrogens with one attached hydrogen (secondary N) is 1. The molecule has 10 heteroatoms. The van der Waals surface area contributed by atoms with Crippen molar-refractivity contribution in [3.05, 3.63) is 65.8 Å². The number of hydrogen-bond donors (Lipinski definition) is 4. The quantitative estimate of drug-likeness (QED) is 0.558. The molecule has 1 aliphatic heterocycles. The SMILES string of the molecule is NC(=O)C1(C(c2ncnc(N)c2-c2ccc(F)cc2)C2CCNC2)C=CC(F)=C(N)C1F. The Hall–Kier alpha value is -3.40. The molecule has 0 bridgehead atoms. The Labute approximate surface area is 182 Å². The highest BCUT2D eigenvalue weighted by atomic mass is 19.1. The van der Waals surface area contributed by atoms with Crippen LogP contribution in [-0.2, 0) is 4.79 Å². The maximum Gasteiger partial charge on any atom is 0.231 e. The third-order valence-electron chi connectivity index (χ3n) is 6.32. The Morgan fingerprint density at radius 3 is 2.53 bits per heavy atom. The summed E-state index contributed by atoms with van der Waals surface area (Å²) in [4.78, 5) is 21.3. The minimum atomic E-state index is -2.21. The fourth-order valence-electron chi connectivity index (χ4n) is 4.75. The lowest BCUT2D eigenvalue weighted by Crippen LogP contribution is -2.53. The first-order valence-corrected chi connectivity index (χ1v) is 10.1. The van der Waals surface area contributed by atoms with Gasteiger partial charge in [0, 0.05) is 11.5 Å². The first kappa shape index (κ1) is 21.8. The highest BCUT2D eigenvalue weighted by molar-refractivity contribution is 5.87. The van der Waals surface area contributed by atoms with Crippen molar-refractivity contribution in [2.75, 3.05) is 18.8 Å². The predicted octanol–water partition coefficient (Wildman–Crippen LogP) is 2.08. The molecule has 7 nitrogen and oxygen atoms in total. The van der Waals surface area contributed by atoms with Crippen LogP contribution in [0.4, 0.5) is 19.0 Å². The number of anilines is 1. The Morgan fingerprint density at radius 2 is 1.91 bits per heavy atom. The number of nitrogen functional groups attached to an aromatic ring is 1. The molecule has 1 aromatic heterocycles. The van der Waals surface area contributed by atoms with Gasteiger partial charge in [-0.3, -0.25) is 4.79 Å². The molecule has 1 aromatic carbocycles. The van der Waals surface area contributed by atoms with Crippen molar-refractivity contribution in [1.29, 1.82) is 0 Å². The van der Waals surface area contributed by atoms with E-state index in [-0.39, 0.29) is 17.4 Å². The topological polar surface area (TPSA) is 133 Å². The van der Waals surface area contributed by atoms with Crippen LogP contribution in [0.2, 0.25) is 0 Å². The average Bonchev–Trinajstić information content (AvgIpc) is 3.29. The summed E-state index contributed by atoms with van der Waals surface area (Å²) >= 11 is 0. The van der Waals surface area contributed by atoms with E-state index in [1.54, 1.807) is 0 Å². The molecule has 4 unspecified atom stereocenters. The predicted molar refractivity (Wildman–Crippen MR) is 114 cm³/mol. The third-order valence-corrected chi connectivity index (χ3v) is 6.32. The number of carbonyl (C=O) groups is 1. The van der Waals surface area contributed by atoms with Crippen molar-refractivity contribution in [3.63, 3.8) is 0 Å². The molecule has 1 aliphatic carbocycles. The van der Waals surface area contributed by atoms with Crippen molar-refractivity contribution in [2.45, 2.75) is 18.5 Å². The summed E-state index contributed by atoms with van der Waals surface area (Å²) in [5, 5.41) is 3.19. The van der Waals surface area contributed by atoms with Crippen molar-refractivity contribution in [2.24, 2.45) is 22.8 Å². The molecule has 0 saturated carbocycles. The van der Waals surface area contributed by atoms with Crippen LogP contribution in [0, 0.1) is 17.2 Å². The fourth-order valence-corrected chi connectivity index (χ4v) is 4.75. The van der Waals surface area contributed by atoms with Gasteiger partial charge in [0.25, 0.3) is 0 Å². The zero-order valence-corrected chi connectivity index (χ0v) is 17.1. The zero-order chi connectivity index (χ0) is 23.0. The molecule has 1 saturated heterocycles. The van der Waals surface area contributed by atoms with E-state index >= 15 is 4.39 Å². The molecule has 2 aromatic rings. The van der Waals surface area contributed by atoms with Crippen LogP contribution in [-0.4, -0.2) is 35.1 Å². The monoisotopic (exact) mass is 444 g/mol. The minimum Gasteiger partial charge on any atom is -0.397 e. The second-order valence-corrected chi connectivity index (χ2v) is 8.05. The lowest BCUT2D eigenvalue weighted by atomic mass is 9.61. The van der Waals surface area contributed by atoms with Crippen LogP contribution in [0.3, 0.4) is 0 Å². The number of carbonyl (C=O) groups excluding carboxylic acids is 1. The minimum absolute atomic E-state index is 0.0714. The molecular formula is C22H23F3N6O. The van der Waals surface area contributed by atoms with E-state index in [9.17, 15) is 13.6 Å². The first-order valence-electron chi connectivity index (χ1n) is 10.1. The third kappa shape index (κ3) is 3.40. The number of rotatable bonds is 5. The van der Waals surface area contributed by atoms with Gasteiger partial charge >= 0.3 is 0 Å². The van der Waals surface area contributed by atoms with Crippen LogP contribution in [0.15, 0.2) is 54.3 Å². The van der Waals surface area contributed by atoms with Gasteiger partial charge < -0.3 is 22.5 Å². The van der Waals surface area contributed by atoms with E-state index in [0.29, 0.717) is 30.6 Å². The van der Waals surface area contributed by atoms with E-state index in [4.69, 9.17) is 17.2 Å². The van der Waals surface area contributed by atoms with Gasteiger partial charge in [0.1, 0.15) is 29.2 Å². The molecule has 168 valence electrons. The summed E-state index contributed by atoms with van der Waals surface area (Å²) in [6, 6.07) is 5.48. The molecule has 4 rings (SSSR count). The van der Waals surface area contributed by atoms with Crippen LogP contribution in [0.5, 0.6) is 0 Å². The summed E-state index contributed by atoms with van der Waals surface area (Å²) in [5.74, 6) is -3.59. The Kier molecular flexibility index (Phi) is 5.64. The number of alkyl halides is 1. The molecule has 2 heterocycles. The molecule has 1 fully saturated rings. The highest BCUT2D eigenvalue weighted by Gasteiger charge is 2.56. The number of allylic oxidation sites excluding steroid dienone is 3. The smallest absolute Gasteiger partial charge is 0.231 e. The Balaban J connectivity index is 1.99. The van der Waals surface area contributed by atoms with Crippen molar-refractivity contribution in [1.82, 2.24) is 15.3 Å². The molecule has 0 spiro atoms. The maximum atomic E-state index is 15.8. The van der Waals surface area contributed by atoms with Gasteiger partial charge in [-0.05, 0) is 49.2 Å². The number of nitrogens with two attached hydrogens (primary N) is 3. The van der Waals surface area contributed by atoms with E-state index < -0.39 is 40.8 Å². The number of hydrogen-bond acceptors (Lipinski definition) is 6. The normalized spacial score (nSPS) is 26.3. The molecule has 32 heavy (non-hydrogen) atoms.